The molecule has 1 heterocycles. The van der Waals surface area contributed by atoms with Crippen LogP contribution in [0.5, 0.6) is 0 Å². The molecule has 0 saturated carbocycles. The second kappa shape index (κ2) is 10.4. The van der Waals surface area contributed by atoms with E-state index in [1.54, 1.807) is 11.3 Å². The second-order valence-corrected chi connectivity index (χ2v) is 2.39. The summed E-state index contributed by atoms with van der Waals surface area (Å²) in [4.78, 5) is 9.83. The number of rotatable bonds is 1. The topological polar surface area (TPSA) is 52.3 Å². The van der Waals surface area contributed by atoms with E-state index in [1.807, 2.05) is 22.9 Å². The predicted molar refractivity (Wildman–Crippen MR) is 52.6 cm³/mol. The Hall–Kier alpha value is -0.580. The number of nitrogens with two attached hydrogens (primary N) is 1. The van der Waals surface area contributed by atoms with E-state index < -0.39 is 0 Å². The summed E-state index contributed by atoms with van der Waals surface area (Å²) in [5, 5.41) is 4.08. The molecule has 0 spiro atoms. The third-order valence-corrected chi connectivity index (χ3v) is 1.45. The van der Waals surface area contributed by atoms with Crippen LogP contribution in [0.2, 0.25) is 0 Å². The fraction of sp³-hybridized carbons (Fsp3) is 0.286. The lowest BCUT2D eigenvalue weighted by Gasteiger charge is -1.87. The van der Waals surface area contributed by atoms with Crippen LogP contribution in [0.15, 0.2) is 22.9 Å². The monoisotopic (exact) mass is 209 g/mol. The van der Waals surface area contributed by atoms with Crippen LogP contribution < -0.4 is 5.73 Å². The van der Waals surface area contributed by atoms with Gasteiger partial charge < -0.3 is 10.5 Å². The summed E-state index contributed by atoms with van der Waals surface area (Å²) in [5.41, 5.74) is 4.81. The van der Waals surface area contributed by atoms with Crippen molar-refractivity contribution < 1.29 is 9.53 Å². The van der Waals surface area contributed by atoms with Gasteiger partial charge in [-0.15, -0.1) is 12.4 Å². The molecule has 0 fully saturated rings. The van der Waals surface area contributed by atoms with Gasteiger partial charge in [-0.1, -0.05) is 12.1 Å². The summed E-state index contributed by atoms with van der Waals surface area (Å²) in [6, 6.07) is 4.04. The van der Waals surface area contributed by atoms with Gasteiger partial charge in [0.15, 0.2) is 0 Å². The first kappa shape index (κ1) is 14.0. The highest BCUT2D eigenvalue weighted by atomic mass is 35.5. The predicted octanol–water partition coefficient (Wildman–Crippen LogP) is 1.29. The van der Waals surface area contributed by atoms with E-state index in [9.17, 15) is 4.79 Å². The average Bonchev–Trinajstić information content (AvgIpc) is 2.60. The lowest BCUT2D eigenvalue weighted by atomic mass is 10.7. The molecule has 0 bridgehead atoms. The maximum absolute atomic E-state index is 9.83. The van der Waals surface area contributed by atoms with Crippen LogP contribution in [0.1, 0.15) is 0 Å². The molecular weight excluding hydrogens is 198 g/mol. The van der Waals surface area contributed by atoms with Crippen molar-refractivity contribution in [2.24, 2.45) is 5.73 Å². The van der Waals surface area contributed by atoms with E-state index in [4.69, 9.17) is 5.73 Å². The molecule has 0 aromatic carbocycles. The summed E-state index contributed by atoms with van der Waals surface area (Å²) < 4.78 is 4.14. The summed E-state index contributed by atoms with van der Waals surface area (Å²) >= 11 is 1.71. The molecule has 0 radical (unpaired) electrons. The van der Waals surface area contributed by atoms with Crippen molar-refractivity contribution >= 4 is 29.7 Å². The number of thiophene rings is 1. The van der Waals surface area contributed by atoms with Crippen LogP contribution in [0.4, 0.5) is 0 Å². The van der Waals surface area contributed by atoms with Crippen LogP contribution in [-0.2, 0) is 9.53 Å². The number of methoxy groups -OCH3 is 1. The molecule has 0 aliphatic heterocycles. The van der Waals surface area contributed by atoms with Gasteiger partial charge in [0, 0.05) is 0 Å². The first-order chi connectivity index (χ1) is 5.31. The Morgan fingerprint density at radius 3 is 2.08 bits per heavy atom. The minimum atomic E-state index is -0.380. The number of carbonyl (C=O) groups is 1. The minimum absolute atomic E-state index is 0. The zero-order valence-electron chi connectivity index (χ0n) is 6.73. The molecule has 70 valence electrons. The van der Waals surface area contributed by atoms with Crippen molar-refractivity contribution in [1.82, 2.24) is 0 Å². The number of hydrogen-bond donors (Lipinski definition) is 1. The first-order valence-corrected chi connectivity index (χ1v) is 3.99. The highest BCUT2D eigenvalue weighted by Gasteiger charge is 1.87. The van der Waals surface area contributed by atoms with Crippen molar-refractivity contribution in [1.29, 1.82) is 0 Å². The number of ether oxygens (including phenoxy) is 1. The van der Waals surface area contributed by atoms with E-state index in [0.29, 0.717) is 0 Å². The molecule has 0 amide bonds. The molecule has 2 N–H and O–H groups in total. The van der Waals surface area contributed by atoms with Gasteiger partial charge in [-0.05, 0) is 10.8 Å². The molecule has 0 saturated heterocycles. The molecule has 12 heavy (non-hydrogen) atoms. The summed E-state index contributed by atoms with van der Waals surface area (Å²) in [6.07, 6.45) is 0. The molecule has 3 nitrogen and oxygen atoms in total. The Morgan fingerprint density at radius 2 is 2.00 bits per heavy atom. The van der Waals surface area contributed by atoms with Crippen LogP contribution in [0, 0.1) is 0 Å². The molecule has 0 unspecified atom stereocenters. The quantitative estimate of drug-likeness (QED) is 0.710. The number of halogens is 1. The maximum Gasteiger partial charge on any atom is 0.319 e. The fourth-order valence-corrected chi connectivity index (χ4v) is 0.764. The van der Waals surface area contributed by atoms with Gasteiger partial charge in [-0.25, -0.2) is 0 Å². The van der Waals surface area contributed by atoms with Crippen LogP contribution >= 0.6 is 23.7 Å². The van der Waals surface area contributed by atoms with Gasteiger partial charge in [-0.2, -0.15) is 11.3 Å². The third kappa shape index (κ3) is 9.42. The van der Waals surface area contributed by atoms with Crippen molar-refractivity contribution in [3.63, 3.8) is 0 Å². The Bertz CT molecular complexity index is 156. The van der Waals surface area contributed by atoms with Gasteiger partial charge in [0.05, 0.1) is 13.7 Å². The van der Waals surface area contributed by atoms with Crippen molar-refractivity contribution in [2.75, 3.05) is 13.7 Å². The van der Waals surface area contributed by atoms with Crippen LogP contribution in [0.3, 0.4) is 0 Å². The minimum Gasteiger partial charge on any atom is -0.468 e. The molecule has 5 heteroatoms. The SMILES string of the molecule is COC(=O)CN.Cl.c1ccsc1. The van der Waals surface area contributed by atoms with Crippen LogP contribution in [0.25, 0.3) is 0 Å². The average molecular weight is 210 g/mol. The van der Waals surface area contributed by atoms with E-state index in [1.165, 1.54) is 7.11 Å². The normalized spacial score (nSPS) is 7.17. The fourth-order valence-electron chi connectivity index (χ4n) is 0.310. The highest BCUT2D eigenvalue weighted by molar-refractivity contribution is 7.07. The van der Waals surface area contributed by atoms with Gasteiger partial charge in [0.1, 0.15) is 0 Å². The maximum atomic E-state index is 9.83. The highest BCUT2D eigenvalue weighted by Crippen LogP contribution is 1.91. The Balaban J connectivity index is 0. The zero-order valence-corrected chi connectivity index (χ0v) is 8.36. The Kier molecular flexibility index (Phi) is 12.1. The second-order valence-electron chi connectivity index (χ2n) is 1.57. The number of carbonyl (C=O) groups excluding carboxylic acids is 1. The van der Waals surface area contributed by atoms with E-state index in [2.05, 4.69) is 4.74 Å². The van der Waals surface area contributed by atoms with Crippen LogP contribution in [-0.4, -0.2) is 19.6 Å². The molecule has 0 aliphatic carbocycles. The molecular formula is C7H12ClNO2S. The molecule has 0 aliphatic rings. The summed E-state index contributed by atoms with van der Waals surface area (Å²) in [6.45, 7) is -0.0312. The Labute approximate surface area is 81.9 Å². The third-order valence-electron chi connectivity index (χ3n) is 0.820. The largest absolute Gasteiger partial charge is 0.468 e. The van der Waals surface area contributed by atoms with Crippen molar-refractivity contribution in [3.8, 4) is 0 Å². The first-order valence-electron chi connectivity index (χ1n) is 3.05. The summed E-state index contributed by atoms with van der Waals surface area (Å²) in [7, 11) is 1.30. The summed E-state index contributed by atoms with van der Waals surface area (Å²) in [5.74, 6) is -0.380. The number of esters is 1. The molecule has 1 aromatic rings. The van der Waals surface area contributed by atoms with E-state index in [-0.39, 0.29) is 24.9 Å². The van der Waals surface area contributed by atoms with Gasteiger partial charge in [-0.3, -0.25) is 4.79 Å². The molecule has 0 atom stereocenters. The van der Waals surface area contributed by atoms with Crippen molar-refractivity contribution in [3.05, 3.63) is 22.9 Å². The van der Waals surface area contributed by atoms with E-state index in [0.717, 1.165) is 0 Å². The smallest absolute Gasteiger partial charge is 0.319 e. The lowest BCUT2D eigenvalue weighted by Crippen LogP contribution is -2.14. The molecule has 1 rings (SSSR count). The Morgan fingerprint density at radius 1 is 1.50 bits per heavy atom. The van der Waals surface area contributed by atoms with Gasteiger partial charge >= 0.3 is 5.97 Å². The van der Waals surface area contributed by atoms with E-state index >= 15 is 0 Å². The molecule has 1 aromatic heterocycles. The van der Waals surface area contributed by atoms with Gasteiger partial charge in [0.2, 0.25) is 0 Å². The standard InChI is InChI=1S/C4H4S.C3H7NO2.ClH/c1-2-4-5-3-1;1-6-3(5)2-4;/h1-4H;2,4H2,1H3;1H. The van der Waals surface area contributed by atoms with Gasteiger partial charge in [0.25, 0.3) is 0 Å². The lowest BCUT2D eigenvalue weighted by molar-refractivity contribution is -0.138. The number of hydrogen-bond acceptors (Lipinski definition) is 4. The van der Waals surface area contributed by atoms with Crippen molar-refractivity contribution in [2.45, 2.75) is 0 Å². The zero-order chi connectivity index (χ0) is 8.53.